The molecule has 0 saturated heterocycles. The van der Waals surface area contributed by atoms with Crippen LogP contribution >= 0.6 is 0 Å². The number of nitrogens with one attached hydrogen (secondary N) is 1. The molecule has 21 heavy (non-hydrogen) atoms. The van der Waals surface area contributed by atoms with Crippen LogP contribution in [0.15, 0.2) is 23.3 Å². The molecule has 0 radical (unpaired) electrons. The highest BCUT2D eigenvalue weighted by Gasteiger charge is 2.07. The number of hydrogen-bond acceptors (Lipinski definition) is 2. The van der Waals surface area contributed by atoms with E-state index in [4.69, 9.17) is 4.74 Å². The molecule has 1 aromatic heterocycles. The minimum Gasteiger partial charge on any atom is -0.381 e. The third-order valence-electron chi connectivity index (χ3n) is 3.41. The van der Waals surface area contributed by atoms with E-state index in [1.165, 1.54) is 12.1 Å². The number of unbranched alkanes of at least 4 members (excludes halogenated alkanes) is 1. The van der Waals surface area contributed by atoms with Crippen LogP contribution < -0.4 is 5.32 Å². The van der Waals surface area contributed by atoms with E-state index in [2.05, 4.69) is 59.1 Å². The summed E-state index contributed by atoms with van der Waals surface area (Å²) in [5.74, 6) is 0.921. The molecule has 5 nitrogen and oxygen atoms in total. The molecule has 0 unspecified atom stereocenters. The molecule has 0 saturated carbocycles. The van der Waals surface area contributed by atoms with Crippen molar-refractivity contribution in [1.82, 2.24) is 14.8 Å². The van der Waals surface area contributed by atoms with E-state index >= 15 is 0 Å². The Morgan fingerprint density at radius 3 is 2.76 bits per heavy atom. The molecule has 0 bridgehead atoms. The molecule has 0 aliphatic rings. The maximum Gasteiger partial charge on any atom is 0.193 e. The van der Waals surface area contributed by atoms with Crippen molar-refractivity contribution in [3.05, 3.63) is 24.0 Å². The summed E-state index contributed by atoms with van der Waals surface area (Å²) in [5, 5.41) is 3.38. The van der Waals surface area contributed by atoms with Gasteiger partial charge in [0.05, 0.1) is 6.54 Å². The molecule has 120 valence electrons. The number of rotatable bonds is 9. The highest BCUT2D eigenvalue weighted by atomic mass is 16.5. The lowest BCUT2D eigenvalue weighted by molar-refractivity contribution is 0.129. The first-order valence-corrected chi connectivity index (χ1v) is 7.78. The molecular weight excluding hydrogens is 264 g/mol. The molecule has 0 aromatic carbocycles. The Balaban J connectivity index is 2.23. The number of nitrogens with zero attached hydrogens (tertiary/aromatic N) is 3. The van der Waals surface area contributed by atoms with Crippen molar-refractivity contribution >= 4 is 5.96 Å². The lowest BCUT2D eigenvalue weighted by Gasteiger charge is -2.22. The van der Waals surface area contributed by atoms with Crippen molar-refractivity contribution in [1.29, 1.82) is 0 Å². The van der Waals surface area contributed by atoms with Gasteiger partial charge in [0.25, 0.3) is 0 Å². The molecule has 0 fully saturated rings. The summed E-state index contributed by atoms with van der Waals surface area (Å²) in [6, 6.07) is 4.19. The molecule has 0 amide bonds. The molecule has 0 spiro atoms. The van der Waals surface area contributed by atoms with Crippen molar-refractivity contribution in [3.8, 4) is 0 Å². The first-order valence-electron chi connectivity index (χ1n) is 7.78. The molecular formula is C16H30N4O. The summed E-state index contributed by atoms with van der Waals surface area (Å²) in [5.41, 5.74) is 1.27. The van der Waals surface area contributed by atoms with Crippen LogP contribution in [0.4, 0.5) is 0 Å². The van der Waals surface area contributed by atoms with Gasteiger partial charge in [-0.05, 0) is 25.0 Å². The third kappa shape index (κ3) is 6.67. The molecule has 0 aliphatic carbocycles. The largest absolute Gasteiger partial charge is 0.381 e. The molecule has 1 rings (SSSR count). The Bertz CT molecular complexity index is 414. The zero-order valence-corrected chi connectivity index (χ0v) is 13.9. The van der Waals surface area contributed by atoms with Crippen molar-refractivity contribution in [2.75, 3.05) is 33.9 Å². The van der Waals surface area contributed by atoms with Gasteiger partial charge in [0.2, 0.25) is 0 Å². The van der Waals surface area contributed by atoms with Crippen LogP contribution in [0, 0.1) is 0 Å². The minimum atomic E-state index is 0.811. The van der Waals surface area contributed by atoms with Crippen molar-refractivity contribution in [2.45, 2.75) is 32.7 Å². The van der Waals surface area contributed by atoms with Gasteiger partial charge in [0.15, 0.2) is 5.96 Å². The van der Waals surface area contributed by atoms with Gasteiger partial charge < -0.3 is 19.5 Å². The molecule has 1 aromatic rings. The van der Waals surface area contributed by atoms with Crippen LogP contribution in [0.2, 0.25) is 0 Å². The van der Waals surface area contributed by atoms with Crippen LogP contribution in [0.3, 0.4) is 0 Å². The van der Waals surface area contributed by atoms with E-state index in [0.29, 0.717) is 0 Å². The Kier molecular flexibility index (Phi) is 8.59. The summed E-state index contributed by atoms with van der Waals surface area (Å²) >= 11 is 0. The van der Waals surface area contributed by atoms with Crippen LogP contribution in [-0.2, 0) is 18.3 Å². The van der Waals surface area contributed by atoms with Crippen LogP contribution in [0.1, 0.15) is 31.9 Å². The lowest BCUT2D eigenvalue weighted by Crippen LogP contribution is -2.39. The maximum atomic E-state index is 5.55. The summed E-state index contributed by atoms with van der Waals surface area (Å²) in [6.07, 6.45) is 5.40. The van der Waals surface area contributed by atoms with E-state index in [0.717, 1.165) is 45.1 Å². The fourth-order valence-electron chi connectivity index (χ4n) is 2.09. The van der Waals surface area contributed by atoms with Crippen LogP contribution in [-0.4, -0.2) is 49.3 Å². The Labute approximate surface area is 129 Å². The van der Waals surface area contributed by atoms with Crippen molar-refractivity contribution in [2.24, 2.45) is 12.0 Å². The predicted octanol–water partition coefficient (Wildman–Crippen LogP) is 2.24. The second-order valence-electron chi connectivity index (χ2n) is 5.26. The summed E-state index contributed by atoms with van der Waals surface area (Å²) in [4.78, 5) is 6.46. The highest BCUT2D eigenvalue weighted by molar-refractivity contribution is 5.79. The normalized spacial score (nSPS) is 11.7. The van der Waals surface area contributed by atoms with Gasteiger partial charge in [-0.15, -0.1) is 0 Å². The minimum absolute atomic E-state index is 0.811. The van der Waals surface area contributed by atoms with Gasteiger partial charge in [-0.3, -0.25) is 4.99 Å². The number of guanidine groups is 1. The average molecular weight is 294 g/mol. The SMILES string of the molecule is CCCCOCCCNC(=NC)N(C)Cc1cccn1C. The van der Waals surface area contributed by atoms with E-state index in [1.54, 1.807) is 0 Å². The average Bonchev–Trinajstić information content (AvgIpc) is 2.87. The predicted molar refractivity (Wildman–Crippen MR) is 88.6 cm³/mol. The van der Waals surface area contributed by atoms with Gasteiger partial charge in [0, 0.05) is 52.8 Å². The maximum absolute atomic E-state index is 5.55. The van der Waals surface area contributed by atoms with Gasteiger partial charge in [-0.25, -0.2) is 0 Å². The molecule has 1 heterocycles. The van der Waals surface area contributed by atoms with E-state index in [1.807, 2.05) is 7.05 Å². The van der Waals surface area contributed by atoms with Gasteiger partial charge in [0.1, 0.15) is 0 Å². The summed E-state index contributed by atoms with van der Waals surface area (Å²) < 4.78 is 7.68. The topological polar surface area (TPSA) is 41.8 Å². The standard InChI is InChI=1S/C16H30N4O/c1-5-6-12-21-13-8-10-18-16(17-2)20(4)14-15-9-7-11-19(15)3/h7,9,11H,5-6,8,10,12-14H2,1-4H3,(H,17,18). The third-order valence-corrected chi connectivity index (χ3v) is 3.41. The number of ether oxygens (including phenoxy) is 1. The quantitative estimate of drug-likeness (QED) is 0.431. The zero-order valence-electron chi connectivity index (χ0n) is 13.9. The lowest BCUT2D eigenvalue weighted by atomic mass is 10.3. The fourth-order valence-corrected chi connectivity index (χ4v) is 2.09. The molecule has 5 heteroatoms. The Hall–Kier alpha value is -1.49. The smallest absolute Gasteiger partial charge is 0.193 e. The van der Waals surface area contributed by atoms with Gasteiger partial charge >= 0.3 is 0 Å². The van der Waals surface area contributed by atoms with Crippen molar-refractivity contribution in [3.63, 3.8) is 0 Å². The summed E-state index contributed by atoms with van der Waals surface area (Å²) in [6.45, 7) is 5.59. The fraction of sp³-hybridized carbons (Fsp3) is 0.688. The van der Waals surface area contributed by atoms with Crippen molar-refractivity contribution < 1.29 is 4.74 Å². The van der Waals surface area contributed by atoms with Crippen LogP contribution in [0.5, 0.6) is 0 Å². The van der Waals surface area contributed by atoms with Crippen LogP contribution in [0.25, 0.3) is 0 Å². The molecule has 1 N–H and O–H groups in total. The second-order valence-corrected chi connectivity index (χ2v) is 5.26. The second kappa shape index (κ2) is 10.3. The monoisotopic (exact) mass is 294 g/mol. The zero-order chi connectivity index (χ0) is 15.5. The summed E-state index contributed by atoms with van der Waals surface area (Å²) in [7, 11) is 5.94. The molecule has 0 aliphatic heterocycles. The van der Waals surface area contributed by atoms with E-state index in [-0.39, 0.29) is 0 Å². The van der Waals surface area contributed by atoms with Gasteiger partial charge in [-0.2, -0.15) is 0 Å². The Morgan fingerprint density at radius 2 is 2.14 bits per heavy atom. The number of hydrogen-bond donors (Lipinski definition) is 1. The first-order chi connectivity index (χ1) is 10.2. The first kappa shape index (κ1) is 17.6. The van der Waals surface area contributed by atoms with E-state index < -0.39 is 0 Å². The highest BCUT2D eigenvalue weighted by Crippen LogP contribution is 2.03. The number of aryl methyl sites for hydroxylation is 1. The Morgan fingerprint density at radius 1 is 1.38 bits per heavy atom. The molecule has 0 atom stereocenters. The van der Waals surface area contributed by atoms with Gasteiger partial charge in [-0.1, -0.05) is 13.3 Å². The number of aromatic nitrogens is 1. The van der Waals surface area contributed by atoms with E-state index in [9.17, 15) is 0 Å². The number of aliphatic imine (C=N–C) groups is 1.